The van der Waals surface area contributed by atoms with Crippen molar-refractivity contribution >= 4 is 16.0 Å². The van der Waals surface area contributed by atoms with Gasteiger partial charge in [0.2, 0.25) is 10.0 Å². The van der Waals surface area contributed by atoms with Crippen molar-refractivity contribution < 1.29 is 26.7 Å². The number of rotatable bonds is 3. The molecule has 0 saturated carbocycles. The highest BCUT2D eigenvalue weighted by molar-refractivity contribution is 7.89. The minimum Gasteiger partial charge on any atom is -0.464 e. The Kier molecular flexibility index (Phi) is 4.35. The highest BCUT2D eigenvalue weighted by atomic mass is 32.2. The van der Waals surface area contributed by atoms with Crippen molar-refractivity contribution in [3.63, 3.8) is 0 Å². The van der Waals surface area contributed by atoms with Gasteiger partial charge in [0, 0.05) is 32.6 Å². The van der Waals surface area contributed by atoms with Gasteiger partial charge < -0.3 is 4.74 Å². The second kappa shape index (κ2) is 6.14. The summed E-state index contributed by atoms with van der Waals surface area (Å²) in [7, 11) is -4.10. The molecular formula is C14H16F2N2O4S. The molecule has 2 aliphatic rings. The standard InChI is InChI=1S/C14H16F2N2O4S/c15-10-1-2-11(16)13(9-10)23(20,21)18-6-4-17(5-7-18)12-3-8-22-14(12)19/h1-2,9,12H,3-8H2. The first-order valence-electron chi connectivity index (χ1n) is 7.25. The first-order chi connectivity index (χ1) is 10.9. The van der Waals surface area contributed by atoms with Crippen molar-refractivity contribution in [3.8, 4) is 0 Å². The Morgan fingerprint density at radius 1 is 1.13 bits per heavy atom. The van der Waals surface area contributed by atoms with E-state index in [-0.39, 0.29) is 25.1 Å². The number of ether oxygens (including phenoxy) is 1. The molecule has 3 rings (SSSR count). The van der Waals surface area contributed by atoms with E-state index in [2.05, 4.69) is 0 Å². The largest absolute Gasteiger partial charge is 0.464 e. The van der Waals surface area contributed by atoms with E-state index in [0.29, 0.717) is 32.2 Å². The lowest BCUT2D eigenvalue weighted by atomic mass is 10.2. The van der Waals surface area contributed by atoms with Crippen LogP contribution in [-0.2, 0) is 19.6 Å². The molecule has 126 valence electrons. The second-order valence-electron chi connectivity index (χ2n) is 5.49. The molecular weight excluding hydrogens is 330 g/mol. The third-order valence-electron chi connectivity index (χ3n) is 4.13. The average Bonchev–Trinajstić information content (AvgIpc) is 2.96. The number of halogens is 2. The van der Waals surface area contributed by atoms with Crippen molar-refractivity contribution in [2.24, 2.45) is 0 Å². The van der Waals surface area contributed by atoms with Gasteiger partial charge >= 0.3 is 5.97 Å². The number of benzene rings is 1. The first kappa shape index (κ1) is 16.3. The number of cyclic esters (lactones) is 1. The summed E-state index contributed by atoms with van der Waals surface area (Å²) in [5.41, 5.74) is 0. The molecule has 9 heteroatoms. The summed E-state index contributed by atoms with van der Waals surface area (Å²) in [5.74, 6) is -2.08. The number of hydrogen-bond acceptors (Lipinski definition) is 5. The van der Waals surface area contributed by atoms with Gasteiger partial charge in [-0.25, -0.2) is 17.2 Å². The summed E-state index contributed by atoms with van der Waals surface area (Å²) in [6.07, 6.45) is 0.587. The van der Waals surface area contributed by atoms with Gasteiger partial charge in [-0.1, -0.05) is 0 Å². The maximum atomic E-state index is 13.7. The predicted molar refractivity (Wildman–Crippen MR) is 76.1 cm³/mol. The maximum Gasteiger partial charge on any atom is 0.323 e. The number of piperazine rings is 1. The first-order valence-corrected chi connectivity index (χ1v) is 8.69. The SMILES string of the molecule is O=C1OCCC1N1CCN(S(=O)(=O)c2cc(F)ccc2F)CC1. The smallest absolute Gasteiger partial charge is 0.323 e. The Balaban J connectivity index is 1.73. The number of sulfonamides is 1. The van der Waals surface area contributed by atoms with E-state index in [1.165, 1.54) is 0 Å². The van der Waals surface area contributed by atoms with E-state index < -0.39 is 26.6 Å². The monoisotopic (exact) mass is 346 g/mol. The van der Waals surface area contributed by atoms with Gasteiger partial charge in [0.1, 0.15) is 22.6 Å². The van der Waals surface area contributed by atoms with Gasteiger partial charge in [-0.05, 0) is 18.2 Å². The molecule has 2 aliphatic heterocycles. The molecule has 0 aromatic heterocycles. The van der Waals surface area contributed by atoms with Crippen LogP contribution in [0.15, 0.2) is 23.1 Å². The normalized spacial score (nSPS) is 23.9. The highest BCUT2D eigenvalue weighted by Crippen LogP contribution is 2.23. The zero-order chi connectivity index (χ0) is 16.6. The van der Waals surface area contributed by atoms with Crippen LogP contribution in [0.1, 0.15) is 6.42 Å². The molecule has 1 atom stereocenters. The Bertz CT molecular complexity index is 717. The van der Waals surface area contributed by atoms with Crippen LogP contribution in [0, 0.1) is 11.6 Å². The van der Waals surface area contributed by atoms with Gasteiger partial charge in [-0.3, -0.25) is 9.69 Å². The molecule has 2 heterocycles. The maximum absolute atomic E-state index is 13.7. The van der Waals surface area contributed by atoms with Gasteiger partial charge in [0.05, 0.1) is 6.61 Å². The molecule has 23 heavy (non-hydrogen) atoms. The molecule has 1 unspecified atom stereocenters. The summed E-state index contributed by atoms with van der Waals surface area (Å²) in [4.78, 5) is 12.8. The number of nitrogens with zero attached hydrogens (tertiary/aromatic N) is 2. The molecule has 0 bridgehead atoms. The molecule has 0 N–H and O–H groups in total. The van der Waals surface area contributed by atoms with Crippen LogP contribution in [0.4, 0.5) is 8.78 Å². The van der Waals surface area contributed by atoms with Gasteiger partial charge in [0.25, 0.3) is 0 Å². The number of carbonyl (C=O) groups excluding carboxylic acids is 1. The third-order valence-corrected chi connectivity index (χ3v) is 6.05. The van der Waals surface area contributed by atoms with Gasteiger partial charge in [0.15, 0.2) is 0 Å². The molecule has 0 spiro atoms. The second-order valence-corrected chi connectivity index (χ2v) is 7.39. The zero-order valence-electron chi connectivity index (χ0n) is 12.2. The fraction of sp³-hybridized carbons (Fsp3) is 0.500. The van der Waals surface area contributed by atoms with E-state index in [1.807, 2.05) is 4.90 Å². The molecule has 0 aliphatic carbocycles. The van der Waals surface area contributed by atoms with Crippen LogP contribution in [0.5, 0.6) is 0 Å². The van der Waals surface area contributed by atoms with E-state index >= 15 is 0 Å². The summed E-state index contributed by atoms with van der Waals surface area (Å²) in [6.45, 7) is 1.28. The fourth-order valence-corrected chi connectivity index (χ4v) is 4.38. The van der Waals surface area contributed by atoms with Crippen molar-refractivity contribution in [3.05, 3.63) is 29.8 Å². The van der Waals surface area contributed by atoms with Crippen molar-refractivity contribution in [2.75, 3.05) is 32.8 Å². The van der Waals surface area contributed by atoms with Crippen LogP contribution in [-0.4, -0.2) is 62.4 Å². The lowest BCUT2D eigenvalue weighted by Gasteiger charge is -2.35. The number of carbonyl (C=O) groups is 1. The quantitative estimate of drug-likeness (QED) is 0.750. The van der Waals surface area contributed by atoms with Crippen LogP contribution >= 0.6 is 0 Å². The summed E-state index contributed by atoms with van der Waals surface area (Å²) < 4.78 is 57.9. The Morgan fingerprint density at radius 2 is 1.83 bits per heavy atom. The summed E-state index contributed by atoms with van der Waals surface area (Å²) in [5, 5.41) is 0. The molecule has 6 nitrogen and oxygen atoms in total. The Labute approximate surface area is 132 Å². The van der Waals surface area contributed by atoms with Crippen LogP contribution in [0.25, 0.3) is 0 Å². The van der Waals surface area contributed by atoms with Crippen molar-refractivity contribution in [2.45, 2.75) is 17.4 Å². The van der Waals surface area contributed by atoms with Crippen molar-refractivity contribution in [1.82, 2.24) is 9.21 Å². The lowest BCUT2D eigenvalue weighted by molar-refractivity contribution is -0.142. The van der Waals surface area contributed by atoms with Crippen LogP contribution in [0.3, 0.4) is 0 Å². The number of esters is 1. The van der Waals surface area contributed by atoms with Crippen LogP contribution in [0.2, 0.25) is 0 Å². The molecule has 0 amide bonds. The highest BCUT2D eigenvalue weighted by Gasteiger charge is 2.37. The van der Waals surface area contributed by atoms with E-state index in [9.17, 15) is 22.0 Å². The number of hydrogen-bond donors (Lipinski definition) is 0. The van der Waals surface area contributed by atoms with Crippen LogP contribution < -0.4 is 0 Å². The van der Waals surface area contributed by atoms with Gasteiger partial charge in [-0.2, -0.15) is 4.31 Å². The van der Waals surface area contributed by atoms with E-state index in [1.54, 1.807) is 0 Å². The van der Waals surface area contributed by atoms with Crippen molar-refractivity contribution in [1.29, 1.82) is 0 Å². The molecule has 2 fully saturated rings. The lowest BCUT2D eigenvalue weighted by Crippen LogP contribution is -2.53. The molecule has 0 radical (unpaired) electrons. The molecule has 2 saturated heterocycles. The predicted octanol–water partition coefficient (Wildman–Crippen LogP) is 0.587. The van der Waals surface area contributed by atoms with E-state index in [4.69, 9.17) is 4.74 Å². The zero-order valence-corrected chi connectivity index (χ0v) is 13.1. The molecule has 1 aromatic carbocycles. The Hall–Kier alpha value is -1.58. The molecule has 1 aromatic rings. The summed E-state index contributed by atoms with van der Waals surface area (Å²) in [6, 6.07) is 2.02. The minimum atomic E-state index is -4.10. The summed E-state index contributed by atoms with van der Waals surface area (Å²) >= 11 is 0. The van der Waals surface area contributed by atoms with E-state index in [0.717, 1.165) is 16.4 Å². The Morgan fingerprint density at radius 3 is 2.43 bits per heavy atom. The fourth-order valence-electron chi connectivity index (χ4n) is 2.89. The average molecular weight is 346 g/mol. The van der Waals surface area contributed by atoms with Gasteiger partial charge in [-0.15, -0.1) is 0 Å². The third kappa shape index (κ3) is 3.08. The topological polar surface area (TPSA) is 66.9 Å². The minimum absolute atomic E-state index is 0.113.